The minimum absolute atomic E-state index is 0.440. The highest BCUT2D eigenvalue weighted by atomic mass is 15.3. The summed E-state index contributed by atoms with van der Waals surface area (Å²) < 4.78 is 0. The fraction of sp³-hybridized carbons (Fsp3) is 0.462. The second-order valence-electron chi connectivity index (χ2n) is 5.15. The summed E-state index contributed by atoms with van der Waals surface area (Å²) in [6.45, 7) is 2.02. The van der Waals surface area contributed by atoms with Crippen molar-refractivity contribution < 1.29 is 0 Å². The smallest absolute Gasteiger partial charge is 0.153 e. The van der Waals surface area contributed by atoms with Gasteiger partial charge in [0.2, 0.25) is 0 Å². The normalized spacial score (nSPS) is 19.5. The van der Waals surface area contributed by atoms with Gasteiger partial charge in [-0.25, -0.2) is 15.0 Å². The van der Waals surface area contributed by atoms with Crippen LogP contribution in [-0.4, -0.2) is 53.1 Å². The van der Waals surface area contributed by atoms with E-state index >= 15 is 0 Å². The molecule has 0 aliphatic carbocycles. The maximum Gasteiger partial charge on any atom is 0.153 e. The molecule has 1 saturated heterocycles. The monoisotopic (exact) mass is 258 g/mol. The molecule has 6 heteroatoms. The summed E-state index contributed by atoms with van der Waals surface area (Å²) in [4.78, 5) is 17.3. The molecule has 100 valence electrons. The van der Waals surface area contributed by atoms with Gasteiger partial charge in [-0.05, 0) is 32.6 Å². The van der Waals surface area contributed by atoms with E-state index in [0.29, 0.717) is 17.4 Å². The lowest BCUT2D eigenvalue weighted by molar-refractivity contribution is 0.315. The molecule has 2 N–H and O–H groups in total. The summed E-state index contributed by atoms with van der Waals surface area (Å²) in [6, 6.07) is 4.55. The third-order valence-corrected chi connectivity index (χ3v) is 3.71. The van der Waals surface area contributed by atoms with Crippen LogP contribution < -0.4 is 10.6 Å². The van der Waals surface area contributed by atoms with Crippen molar-refractivity contribution in [3.63, 3.8) is 0 Å². The van der Waals surface area contributed by atoms with Crippen LogP contribution in [0.25, 0.3) is 11.0 Å². The minimum Gasteiger partial charge on any atom is -0.382 e. The Hall–Kier alpha value is -1.95. The van der Waals surface area contributed by atoms with E-state index in [2.05, 4.69) is 38.8 Å². The van der Waals surface area contributed by atoms with Crippen molar-refractivity contribution in [2.45, 2.75) is 12.5 Å². The van der Waals surface area contributed by atoms with E-state index in [1.54, 1.807) is 0 Å². The topological polar surface area (TPSA) is 71.2 Å². The number of rotatable bonds is 2. The van der Waals surface area contributed by atoms with E-state index in [4.69, 9.17) is 5.73 Å². The molecule has 0 radical (unpaired) electrons. The van der Waals surface area contributed by atoms with Crippen molar-refractivity contribution >= 4 is 22.7 Å². The van der Waals surface area contributed by atoms with Crippen LogP contribution >= 0.6 is 0 Å². The molecule has 2 aromatic rings. The fourth-order valence-electron chi connectivity index (χ4n) is 2.50. The van der Waals surface area contributed by atoms with Crippen molar-refractivity contribution in [3.8, 4) is 0 Å². The Morgan fingerprint density at radius 2 is 2.16 bits per heavy atom. The summed E-state index contributed by atoms with van der Waals surface area (Å²) in [5.74, 6) is 1.40. The Labute approximate surface area is 112 Å². The standard InChI is InChI=1S/C13H18N6/c1-18(2)9-5-6-19(7-9)11-4-3-10-12(17-11)13(14)16-8-15-10/h3-4,8-9H,5-7H2,1-2H3,(H2,14,15,16). The third kappa shape index (κ3) is 2.19. The van der Waals surface area contributed by atoms with Crippen LogP contribution in [0.5, 0.6) is 0 Å². The zero-order valence-corrected chi connectivity index (χ0v) is 11.2. The molecule has 0 bridgehead atoms. The molecule has 0 amide bonds. The number of likely N-dealkylation sites (N-methyl/N-ethyl adjacent to an activating group) is 1. The van der Waals surface area contributed by atoms with Gasteiger partial charge in [-0.2, -0.15) is 0 Å². The first-order valence-electron chi connectivity index (χ1n) is 6.44. The van der Waals surface area contributed by atoms with Gasteiger partial charge in [-0.1, -0.05) is 0 Å². The number of aromatic nitrogens is 3. The second-order valence-corrected chi connectivity index (χ2v) is 5.15. The van der Waals surface area contributed by atoms with Crippen LogP contribution in [0, 0.1) is 0 Å². The SMILES string of the molecule is CN(C)C1CCN(c2ccc3ncnc(N)c3n2)C1. The van der Waals surface area contributed by atoms with Crippen LogP contribution in [-0.2, 0) is 0 Å². The number of nitrogen functional groups attached to an aromatic ring is 1. The summed E-state index contributed by atoms with van der Waals surface area (Å²) in [6.07, 6.45) is 2.63. The number of anilines is 2. The van der Waals surface area contributed by atoms with E-state index in [9.17, 15) is 0 Å². The summed E-state index contributed by atoms with van der Waals surface area (Å²) in [7, 11) is 4.24. The lowest BCUT2D eigenvalue weighted by Gasteiger charge is -2.21. The lowest BCUT2D eigenvalue weighted by Crippen LogP contribution is -2.31. The Morgan fingerprint density at radius 3 is 2.89 bits per heavy atom. The first-order chi connectivity index (χ1) is 9.15. The Morgan fingerprint density at radius 1 is 1.32 bits per heavy atom. The fourth-order valence-corrected chi connectivity index (χ4v) is 2.50. The molecule has 6 nitrogen and oxygen atoms in total. The number of hydrogen-bond donors (Lipinski definition) is 1. The number of fused-ring (bicyclic) bond motifs is 1. The van der Waals surface area contributed by atoms with Gasteiger partial charge < -0.3 is 15.5 Å². The predicted octanol–water partition coefficient (Wildman–Crippen LogP) is 0.747. The van der Waals surface area contributed by atoms with Gasteiger partial charge in [0.15, 0.2) is 5.82 Å². The Bertz CT molecular complexity index is 597. The van der Waals surface area contributed by atoms with E-state index in [1.807, 2.05) is 12.1 Å². The summed E-state index contributed by atoms with van der Waals surface area (Å²) in [5, 5.41) is 0. The summed E-state index contributed by atoms with van der Waals surface area (Å²) >= 11 is 0. The lowest BCUT2D eigenvalue weighted by atomic mass is 10.2. The number of hydrogen-bond acceptors (Lipinski definition) is 6. The zero-order chi connectivity index (χ0) is 13.4. The quantitative estimate of drug-likeness (QED) is 0.857. The van der Waals surface area contributed by atoms with Crippen molar-refractivity contribution in [3.05, 3.63) is 18.5 Å². The molecule has 3 heterocycles. The number of nitrogens with two attached hydrogens (primary N) is 1. The molecule has 1 unspecified atom stereocenters. The largest absolute Gasteiger partial charge is 0.382 e. The second kappa shape index (κ2) is 4.62. The molecule has 0 saturated carbocycles. The molecule has 0 aromatic carbocycles. The molecule has 1 atom stereocenters. The molecule has 1 fully saturated rings. The van der Waals surface area contributed by atoms with Gasteiger partial charge in [-0.15, -0.1) is 0 Å². The van der Waals surface area contributed by atoms with Gasteiger partial charge in [0, 0.05) is 19.1 Å². The van der Waals surface area contributed by atoms with Gasteiger partial charge in [0.25, 0.3) is 0 Å². The maximum atomic E-state index is 5.86. The highest BCUT2D eigenvalue weighted by Crippen LogP contribution is 2.23. The highest BCUT2D eigenvalue weighted by Gasteiger charge is 2.25. The first kappa shape index (κ1) is 12.1. The van der Waals surface area contributed by atoms with Crippen molar-refractivity contribution in [2.75, 3.05) is 37.8 Å². The Kier molecular flexibility index (Phi) is 2.94. The van der Waals surface area contributed by atoms with Gasteiger partial charge in [0.05, 0.1) is 5.52 Å². The van der Waals surface area contributed by atoms with Crippen LogP contribution in [0.1, 0.15) is 6.42 Å². The van der Waals surface area contributed by atoms with Gasteiger partial charge in [0.1, 0.15) is 17.7 Å². The molecule has 1 aliphatic rings. The molecule has 2 aromatic heterocycles. The van der Waals surface area contributed by atoms with E-state index in [0.717, 1.165) is 30.8 Å². The Balaban J connectivity index is 1.92. The third-order valence-electron chi connectivity index (χ3n) is 3.71. The number of nitrogens with zero attached hydrogens (tertiary/aromatic N) is 5. The van der Waals surface area contributed by atoms with Crippen molar-refractivity contribution in [1.82, 2.24) is 19.9 Å². The van der Waals surface area contributed by atoms with E-state index in [-0.39, 0.29) is 0 Å². The zero-order valence-electron chi connectivity index (χ0n) is 11.2. The van der Waals surface area contributed by atoms with Gasteiger partial charge >= 0.3 is 0 Å². The van der Waals surface area contributed by atoms with E-state index < -0.39 is 0 Å². The van der Waals surface area contributed by atoms with E-state index in [1.165, 1.54) is 6.33 Å². The van der Waals surface area contributed by atoms with Crippen molar-refractivity contribution in [2.24, 2.45) is 0 Å². The highest BCUT2D eigenvalue weighted by molar-refractivity contribution is 5.84. The molecular weight excluding hydrogens is 240 g/mol. The van der Waals surface area contributed by atoms with Crippen LogP contribution in [0.3, 0.4) is 0 Å². The van der Waals surface area contributed by atoms with Crippen LogP contribution in [0.4, 0.5) is 11.6 Å². The predicted molar refractivity (Wildman–Crippen MR) is 76.1 cm³/mol. The molecule has 19 heavy (non-hydrogen) atoms. The average molecular weight is 258 g/mol. The number of pyridine rings is 1. The minimum atomic E-state index is 0.440. The molecule has 3 rings (SSSR count). The average Bonchev–Trinajstić information content (AvgIpc) is 2.89. The molecular formula is C13H18N6. The van der Waals surface area contributed by atoms with Crippen molar-refractivity contribution in [1.29, 1.82) is 0 Å². The molecule has 1 aliphatic heterocycles. The summed E-state index contributed by atoms with van der Waals surface area (Å²) in [5.41, 5.74) is 7.34. The first-order valence-corrected chi connectivity index (χ1v) is 6.44. The van der Waals surface area contributed by atoms with Gasteiger partial charge in [-0.3, -0.25) is 0 Å². The maximum absolute atomic E-state index is 5.86. The van der Waals surface area contributed by atoms with Crippen LogP contribution in [0.2, 0.25) is 0 Å². The van der Waals surface area contributed by atoms with Crippen LogP contribution in [0.15, 0.2) is 18.5 Å². The molecule has 0 spiro atoms.